The van der Waals surface area contributed by atoms with Gasteiger partial charge in [-0.25, -0.2) is 9.59 Å². The van der Waals surface area contributed by atoms with Crippen molar-refractivity contribution in [2.24, 2.45) is 0 Å². The monoisotopic (exact) mass is 294 g/mol. The number of benzene rings is 1. The van der Waals surface area contributed by atoms with Crippen molar-refractivity contribution in [2.75, 3.05) is 14.2 Å². The van der Waals surface area contributed by atoms with E-state index in [2.05, 4.69) is 5.32 Å². The molecule has 0 aliphatic carbocycles. The van der Waals surface area contributed by atoms with E-state index in [1.807, 2.05) is 31.2 Å². The van der Waals surface area contributed by atoms with Gasteiger partial charge in [0.15, 0.2) is 0 Å². The zero-order chi connectivity index (χ0) is 16.2. The van der Waals surface area contributed by atoms with Gasteiger partial charge in [-0.15, -0.1) is 0 Å². The molecule has 0 fully saturated rings. The van der Waals surface area contributed by atoms with E-state index in [1.165, 1.54) is 25.8 Å². The maximum atomic E-state index is 12.1. The summed E-state index contributed by atoms with van der Waals surface area (Å²) in [7, 11) is 3.05. The predicted octanol–water partition coefficient (Wildman–Crippen LogP) is 2.26. The number of likely N-dealkylation sites (N-methyl/N-ethyl adjacent to an activating group) is 1. The fourth-order valence-corrected chi connectivity index (χ4v) is 1.66. The van der Waals surface area contributed by atoms with E-state index in [0.29, 0.717) is 0 Å². The number of aliphatic carboxylic acids is 1. The number of rotatable bonds is 5. The number of nitrogens with one attached hydrogen (secondary N) is 1. The van der Waals surface area contributed by atoms with Crippen molar-refractivity contribution in [2.45, 2.75) is 32.4 Å². The molecule has 0 aliphatic rings. The first kappa shape index (κ1) is 16.8. The van der Waals surface area contributed by atoms with Gasteiger partial charge in [0.2, 0.25) is 0 Å². The summed E-state index contributed by atoms with van der Waals surface area (Å²) in [5.74, 6) is -0.321. The molecule has 0 saturated heterocycles. The minimum Gasteiger partial charge on any atom is -0.497 e. The molecule has 2 N–H and O–H groups in total. The van der Waals surface area contributed by atoms with Crippen LogP contribution in [0.1, 0.15) is 32.4 Å². The number of amides is 2. The number of carboxylic acid groups (broad SMARTS) is 1. The molecule has 0 spiro atoms. The van der Waals surface area contributed by atoms with Crippen LogP contribution in [0, 0.1) is 0 Å². The fraction of sp³-hybridized carbons (Fsp3) is 0.467. The van der Waals surface area contributed by atoms with Gasteiger partial charge in [0.1, 0.15) is 11.3 Å². The number of urea groups is 1. The lowest BCUT2D eigenvalue weighted by atomic mass is 10.0. The number of carboxylic acids is 1. The van der Waals surface area contributed by atoms with Gasteiger partial charge in [0.25, 0.3) is 0 Å². The molecule has 1 aromatic rings. The summed E-state index contributed by atoms with van der Waals surface area (Å²) in [6, 6.07) is 6.64. The maximum Gasteiger partial charge on any atom is 0.329 e. The Balaban J connectivity index is 2.75. The minimum absolute atomic E-state index is 0.240. The predicted molar refractivity (Wildman–Crippen MR) is 79.4 cm³/mol. The van der Waals surface area contributed by atoms with Gasteiger partial charge < -0.3 is 20.1 Å². The second-order valence-corrected chi connectivity index (χ2v) is 5.37. The van der Waals surface area contributed by atoms with E-state index in [1.54, 1.807) is 7.11 Å². The minimum atomic E-state index is -1.27. The Morgan fingerprint density at radius 2 is 1.81 bits per heavy atom. The number of carbonyl (C=O) groups is 2. The second-order valence-electron chi connectivity index (χ2n) is 5.37. The lowest BCUT2D eigenvalue weighted by Crippen LogP contribution is -2.54. The zero-order valence-electron chi connectivity index (χ0n) is 13.0. The lowest BCUT2D eigenvalue weighted by molar-refractivity contribution is -0.146. The summed E-state index contributed by atoms with van der Waals surface area (Å²) >= 11 is 0. The van der Waals surface area contributed by atoms with Crippen molar-refractivity contribution in [3.05, 3.63) is 29.8 Å². The van der Waals surface area contributed by atoms with Crippen LogP contribution in [-0.2, 0) is 4.79 Å². The molecule has 1 aromatic carbocycles. The number of hydrogen-bond donors (Lipinski definition) is 2. The van der Waals surface area contributed by atoms with Crippen molar-refractivity contribution in [3.8, 4) is 5.75 Å². The van der Waals surface area contributed by atoms with E-state index in [-0.39, 0.29) is 6.04 Å². The highest BCUT2D eigenvalue weighted by atomic mass is 16.5. The molecular weight excluding hydrogens is 272 g/mol. The second kappa shape index (κ2) is 6.47. The lowest BCUT2D eigenvalue weighted by Gasteiger charge is -2.32. The van der Waals surface area contributed by atoms with Crippen LogP contribution in [-0.4, -0.2) is 41.7 Å². The molecule has 1 unspecified atom stereocenters. The van der Waals surface area contributed by atoms with Gasteiger partial charge in [-0.1, -0.05) is 12.1 Å². The standard InChI is InChI=1S/C15H22N2O4/c1-10(11-6-8-12(21-5)9-7-11)16-14(20)17(4)15(2,3)13(18)19/h6-10H,1-5H3,(H,16,20)(H,18,19). The molecule has 116 valence electrons. The van der Waals surface area contributed by atoms with E-state index >= 15 is 0 Å². The maximum absolute atomic E-state index is 12.1. The zero-order valence-corrected chi connectivity index (χ0v) is 13.0. The van der Waals surface area contributed by atoms with Crippen molar-refractivity contribution < 1.29 is 19.4 Å². The molecule has 2 amide bonds. The first-order valence-electron chi connectivity index (χ1n) is 6.61. The molecule has 0 heterocycles. The Kier molecular flexibility index (Phi) is 5.18. The van der Waals surface area contributed by atoms with Crippen LogP contribution >= 0.6 is 0 Å². The average molecular weight is 294 g/mol. The number of ether oxygens (including phenoxy) is 1. The first-order valence-corrected chi connectivity index (χ1v) is 6.61. The average Bonchev–Trinajstić information content (AvgIpc) is 2.46. The summed E-state index contributed by atoms with van der Waals surface area (Å²) in [5, 5.41) is 11.9. The highest BCUT2D eigenvalue weighted by Crippen LogP contribution is 2.19. The topological polar surface area (TPSA) is 78.9 Å². The molecule has 0 aromatic heterocycles. The quantitative estimate of drug-likeness (QED) is 0.873. The van der Waals surface area contributed by atoms with Crippen LogP contribution in [0.3, 0.4) is 0 Å². The Morgan fingerprint density at radius 3 is 2.24 bits per heavy atom. The number of carbonyl (C=O) groups excluding carboxylic acids is 1. The number of hydrogen-bond acceptors (Lipinski definition) is 3. The molecule has 1 atom stereocenters. The van der Waals surface area contributed by atoms with Crippen LogP contribution in [0.25, 0.3) is 0 Å². The van der Waals surface area contributed by atoms with Gasteiger partial charge >= 0.3 is 12.0 Å². The highest BCUT2D eigenvalue weighted by molar-refractivity contribution is 5.85. The van der Waals surface area contributed by atoms with Gasteiger partial charge in [0.05, 0.1) is 13.2 Å². The van der Waals surface area contributed by atoms with Crippen LogP contribution in [0.2, 0.25) is 0 Å². The molecule has 0 bridgehead atoms. The van der Waals surface area contributed by atoms with Crippen molar-refractivity contribution in [1.82, 2.24) is 10.2 Å². The molecule has 0 aliphatic heterocycles. The Hall–Kier alpha value is -2.24. The third-order valence-electron chi connectivity index (χ3n) is 3.62. The van der Waals surface area contributed by atoms with Gasteiger partial charge in [-0.2, -0.15) is 0 Å². The van der Waals surface area contributed by atoms with E-state index in [9.17, 15) is 9.59 Å². The molecule has 0 saturated carbocycles. The molecule has 0 radical (unpaired) electrons. The summed E-state index contributed by atoms with van der Waals surface area (Å²) < 4.78 is 5.08. The summed E-state index contributed by atoms with van der Waals surface area (Å²) in [6.07, 6.45) is 0. The normalized spacial score (nSPS) is 12.4. The fourth-order valence-electron chi connectivity index (χ4n) is 1.66. The highest BCUT2D eigenvalue weighted by Gasteiger charge is 2.35. The first-order chi connectivity index (χ1) is 9.70. The third-order valence-corrected chi connectivity index (χ3v) is 3.62. The molecule has 6 nitrogen and oxygen atoms in total. The van der Waals surface area contributed by atoms with Crippen molar-refractivity contribution >= 4 is 12.0 Å². The van der Waals surface area contributed by atoms with Gasteiger partial charge in [0, 0.05) is 7.05 Å². The van der Waals surface area contributed by atoms with E-state index < -0.39 is 17.5 Å². The molecule has 6 heteroatoms. The van der Waals surface area contributed by atoms with Crippen LogP contribution in [0.15, 0.2) is 24.3 Å². The van der Waals surface area contributed by atoms with Gasteiger partial charge in [-0.3, -0.25) is 0 Å². The summed E-state index contributed by atoms with van der Waals surface area (Å²) in [5.41, 5.74) is -0.366. The third kappa shape index (κ3) is 3.87. The van der Waals surface area contributed by atoms with E-state index in [4.69, 9.17) is 9.84 Å². The smallest absolute Gasteiger partial charge is 0.329 e. The SMILES string of the molecule is COc1ccc(C(C)NC(=O)N(C)C(C)(C)C(=O)O)cc1. The Labute approximate surface area is 124 Å². The Bertz CT molecular complexity index is 511. The van der Waals surface area contributed by atoms with Gasteiger partial charge in [-0.05, 0) is 38.5 Å². The summed E-state index contributed by atoms with van der Waals surface area (Å²) in [6.45, 7) is 4.79. The largest absolute Gasteiger partial charge is 0.497 e. The molecular formula is C15H22N2O4. The Morgan fingerprint density at radius 1 is 1.29 bits per heavy atom. The molecule has 1 rings (SSSR count). The van der Waals surface area contributed by atoms with Crippen LogP contribution in [0.5, 0.6) is 5.75 Å². The van der Waals surface area contributed by atoms with Crippen molar-refractivity contribution in [3.63, 3.8) is 0 Å². The van der Waals surface area contributed by atoms with Crippen LogP contribution in [0.4, 0.5) is 4.79 Å². The van der Waals surface area contributed by atoms with Crippen LogP contribution < -0.4 is 10.1 Å². The summed E-state index contributed by atoms with van der Waals surface area (Å²) in [4.78, 5) is 24.5. The number of nitrogens with zero attached hydrogens (tertiary/aromatic N) is 1. The van der Waals surface area contributed by atoms with E-state index in [0.717, 1.165) is 11.3 Å². The van der Waals surface area contributed by atoms with Crippen molar-refractivity contribution in [1.29, 1.82) is 0 Å². The molecule has 21 heavy (non-hydrogen) atoms. The number of methoxy groups -OCH3 is 1.